The third-order valence-corrected chi connectivity index (χ3v) is 5.04. The number of amides is 1. The molecule has 0 aliphatic carbocycles. The highest BCUT2D eigenvalue weighted by atomic mass is 16.6. The van der Waals surface area contributed by atoms with Crippen LogP contribution in [-0.2, 0) is 11.2 Å². The molecule has 1 aliphatic heterocycles. The van der Waals surface area contributed by atoms with Gasteiger partial charge in [0.1, 0.15) is 5.92 Å². The largest absolute Gasteiger partial charge is 0.330 e. The van der Waals surface area contributed by atoms with Gasteiger partial charge in [0.05, 0.1) is 16.3 Å². The lowest BCUT2D eigenvalue weighted by Crippen LogP contribution is -2.22. The molecule has 0 saturated heterocycles. The number of nitrogens with one attached hydrogen (secondary N) is 1. The molecule has 0 bridgehead atoms. The molecule has 150 valence electrons. The van der Waals surface area contributed by atoms with Gasteiger partial charge >= 0.3 is 0 Å². The molecule has 0 aromatic heterocycles. The maximum atomic E-state index is 12.9. The quantitative estimate of drug-likeness (QED) is 0.371. The predicted molar refractivity (Wildman–Crippen MR) is 116 cm³/mol. The molecule has 3 aromatic rings. The molecule has 4 rings (SSSR count). The number of benzene rings is 3. The summed E-state index contributed by atoms with van der Waals surface area (Å²) in [5.41, 5.74) is 9.80. The van der Waals surface area contributed by atoms with Gasteiger partial charge in [0.2, 0.25) is 5.91 Å². The average molecular weight is 400 g/mol. The minimum Gasteiger partial charge on any atom is -0.330 e. The zero-order valence-electron chi connectivity index (χ0n) is 16.1. The van der Waals surface area contributed by atoms with Gasteiger partial charge in [-0.2, -0.15) is 0 Å². The molecule has 30 heavy (non-hydrogen) atoms. The minimum atomic E-state index is -0.744. The van der Waals surface area contributed by atoms with Crippen LogP contribution in [-0.4, -0.2) is 23.1 Å². The maximum absolute atomic E-state index is 12.9. The first-order chi connectivity index (χ1) is 14.6. The Hall–Kier alpha value is -3.84. The molecule has 0 fully saturated rings. The monoisotopic (exact) mass is 400 g/mol. The number of anilines is 1. The first-order valence-corrected chi connectivity index (χ1v) is 9.59. The van der Waals surface area contributed by atoms with E-state index in [1.807, 2.05) is 54.6 Å². The van der Waals surface area contributed by atoms with E-state index in [-0.39, 0.29) is 11.6 Å². The van der Waals surface area contributed by atoms with Crippen molar-refractivity contribution >= 4 is 28.7 Å². The van der Waals surface area contributed by atoms with Crippen molar-refractivity contribution in [2.75, 3.05) is 11.9 Å². The Morgan fingerprint density at radius 2 is 1.80 bits per heavy atom. The number of nitro groups is 1. The number of nitro benzene ring substituents is 1. The van der Waals surface area contributed by atoms with Gasteiger partial charge in [-0.1, -0.05) is 42.5 Å². The maximum Gasteiger partial charge on any atom is 0.269 e. The van der Waals surface area contributed by atoms with Gasteiger partial charge in [0, 0.05) is 23.4 Å². The van der Waals surface area contributed by atoms with Crippen molar-refractivity contribution in [3.8, 4) is 0 Å². The molecule has 1 aliphatic rings. The number of nitrogens with two attached hydrogens (primary N) is 1. The lowest BCUT2D eigenvalue weighted by atomic mass is 9.90. The molecule has 3 N–H and O–H groups in total. The van der Waals surface area contributed by atoms with Gasteiger partial charge in [-0.3, -0.25) is 19.9 Å². The topological polar surface area (TPSA) is 111 Å². The van der Waals surface area contributed by atoms with Crippen LogP contribution in [0.3, 0.4) is 0 Å². The summed E-state index contributed by atoms with van der Waals surface area (Å²) in [5.74, 6) is -1.00. The van der Waals surface area contributed by atoms with E-state index in [1.54, 1.807) is 6.07 Å². The second-order valence-corrected chi connectivity index (χ2v) is 7.02. The smallest absolute Gasteiger partial charge is 0.269 e. The van der Waals surface area contributed by atoms with Crippen molar-refractivity contribution in [1.29, 1.82) is 0 Å². The molecule has 1 heterocycles. The van der Waals surface area contributed by atoms with Gasteiger partial charge in [-0.05, 0) is 42.3 Å². The number of carbonyl (C=O) groups excluding carboxylic acids is 1. The first kappa shape index (κ1) is 19.5. The Kier molecular flexibility index (Phi) is 5.36. The molecule has 0 radical (unpaired) electrons. The number of nitrogens with zero attached hydrogens (tertiary/aromatic N) is 2. The van der Waals surface area contributed by atoms with Crippen molar-refractivity contribution in [3.05, 3.63) is 99.6 Å². The van der Waals surface area contributed by atoms with Gasteiger partial charge in [0.15, 0.2) is 0 Å². The highest BCUT2D eigenvalue weighted by molar-refractivity contribution is 6.24. The summed E-state index contributed by atoms with van der Waals surface area (Å²) in [6, 6.07) is 21.5. The lowest BCUT2D eigenvalue weighted by Gasteiger charge is -2.14. The number of hydrogen-bond acceptors (Lipinski definition) is 5. The molecule has 7 nitrogen and oxygen atoms in total. The molecular weight excluding hydrogens is 380 g/mol. The Morgan fingerprint density at radius 3 is 2.47 bits per heavy atom. The number of aliphatic imine (C=N–C) groups is 1. The van der Waals surface area contributed by atoms with E-state index in [1.165, 1.54) is 12.1 Å². The van der Waals surface area contributed by atoms with E-state index in [0.29, 0.717) is 29.2 Å². The van der Waals surface area contributed by atoms with Gasteiger partial charge in [0.25, 0.3) is 5.69 Å². The highest BCUT2D eigenvalue weighted by Crippen LogP contribution is 2.38. The molecule has 7 heteroatoms. The summed E-state index contributed by atoms with van der Waals surface area (Å²) in [5, 5.41) is 14.1. The van der Waals surface area contributed by atoms with E-state index in [2.05, 4.69) is 5.32 Å². The number of hydrogen-bond donors (Lipinski definition) is 2. The molecule has 3 aromatic carbocycles. The van der Waals surface area contributed by atoms with Crippen LogP contribution in [0.4, 0.5) is 17.1 Å². The zero-order chi connectivity index (χ0) is 21.1. The van der Waals surface area contributed by atoms with Gasteiger partial charge in [-0.15, -0.1) is 0 Å². The third kappa shape index (κ3) is 3.83. The van der Waals surface area contributed by atoms with E-state index >= 15 is 0 Å². The van der Waals surface area contributed by atoms with E-state index in [4.69, 9.17) is 10.7 Å². The van der Waals surface area contributed by atoms with E-state index in [9.17, 15) is 14.9 Å². The van der Waals surface area contributed by atoms with Crippen LogP contribution in [0, 0.1) is 10.1 Å². The van der Waals surface area contributed by atoms with Crippen LogP contribution in [0.2, 0.25) is 0 Å². The van der Waals surface area contributed by atoms with Crippen molar-refractivity contribution in [2.24, 2.45) is 10.7 Å². The van der Waals surface area contributed by atoms with Crippen LogP contribution < -0.4 is 11.1 Å². The molecule has 1 unspecified atom stereocenters. The Balaban J connectivity index is 1.83. The first-order valence-electron chi connectivity index (χ1n) is 9.59. The number of non-ortho nitro benzene ring substituents is 1. The lowest BCUT2D eigenvalue weighted by molar-refractivity contribution is -0.384. The van der Waals surface area contributed by atoms with Crippen LogP contribution in [0.1, 0.15) is 22.6 Å². The summed E-state index contributed by atoms with van der Waals surface area (Å²) in [6.45, 7) is 0.565. The average Bonchev–Trinajstić information content (AvgIpc) is 3.09. The fourth-order valence-corrected chi connectivity index (χ4v) is 3.58. The number of rotatable bonds is 6. The van der Waals surface area contributed by atoms with Crippen molar-refractivity contribution in [3.63, 3.8) is 0 Å². The van der Waals surface area contributed by atoms with Crippen LogP contribution >= 0.6 is 0 Å². The van der Waals surface area contributed by atoms with Gasteiger partial charge < -0.3 is 11.1 Å². The summed E-state index contributed by atoms with van der Waals surface area (Å²) in [6.07, 6.45) is 0.775. The predicted octanol–water partition coefficient (Wildman–Crippen LogP) is 3.95. The summed E-state index contributed by atoms with van der Waals surface area (Å²) in [7, 11) is 0. The Morgan fingerprint density at radius 1 is 1.07 bits per heavy atom. The van der Waals surface area contributed by atoms with Crippen molar-refractivity contribution in [2.45, 2.75) is 12.3 Å². The Labute approximate surface area is 173 Å². The van der Waals surface area contributed by atoms with Crippen LogP contribution in [0.5, 0.6) is 0 Å². The molecule has 1 atom stereocenters. The standard InChI is InChI=1S/C23H20N4O3/c24-13-12-15-6-8-17(9-7-15)25-22(16-4-2-1-3-5-16)21-19-14-18(27(29)30)10-11-20(19)26-23(21)28/h1-11,14,21H,12-13,24H2,(H,26,28). The molecular formula is C23H20N4O3. The minimum absolute atomic E-state index is 0.0613. The van der Waals surface area contributed by atoms with E-state index < -0.39 is 10.8 Å². The van der Waals surface area contributed by atoms with Gasteiger partial charge in [-0.25, -0.2) is 0 Å². The molecule has 1 amide bonds. The number of carbonyl (C=O) groups is 1. The summed E-state index contributed by atoms with van der Waals surface area (Å²) in [4.78, 5) is 28.5. The van der Waals surface area contributed by atoms with Crippen molar-refractivity contribution < 1.29 is 9.72 Å². The second kappa shape index (κ2) is 8.26. The SMILES string of the molecule is NCCc1ccc(N=C(c2ccccc2)C2C(=O)Nc3ccc([N+](=O)[O-])cc32)cc1. The fraction of sp³-hybridized carbons (Fsp3) is 0.130. The third-order valence-electron chi connectivity index (χ3n) is 5.04. The molecule has 0 saturated carbocycles. The van der Waals surface area contributed by atoms with E-state index in [0.717, 1.165) is 17.5 Å². The zero-order valence-corrected chi connectivity index (χ0v) is 16.1. The molecule has 0 spiro atoms. The fourth-order valence-electron chi connectivity index (χ4n) is 3.58. The number of fused-ring (bicyclic) bond motifs is 1. The highest BCUT2D eigenvalue weighted by Gasteiger charge is 2.36. The van der Waals surface area contributed by atoms with Crippen molar-refractivity contribution in [1.82, 2.24) is 0 Å². The Bertz CT molecular complexity index is 1120. The normalized spacial score (nSPS) is 15.6. The van der Waals surface area contributed by atoms with Crippen LogP contribution in [0.15, 0.2) is 77.8 Å². The van der Waals surface area contributed by atoms with Crippen LogP contribution in [0.25, 0.3) is 0 Å². The summed E-state index contributed by atoms with van der Waals surface area (Å²) >= 11 is 0. The summed E-state index contributed by atoms with van der Waals surface area (Å²) < 4.78 is 0. The second-order valence-electron chi connectivity index (χ2n) is 7.02.